The molecule has 146 valence electrons. The van der Waals surface area contributed by atoms with E-state index >= 15 is 0 Å². The number of benzene rings is 2. The molecule has 1 heterocycles. The van der Waals surface area contributed by atoms with Gasteiger partial charge in [-0.1, -0.05) is 35.0 Å². The van der Waals surface area contributed by atoms with Gasteiger partial charge in [0.1, 0.15) is 11.5 Å². The molecule has 0 fully saturated rings. The van der Waals surface area contributed by atoms with Crippen molar-refractivity contribution >= 4 is 5.91 Å². The van der Waals surface area contributed by atoms with Gasteiger partial charge in [-0.2, -0.15) is 4.98 Å². The average Bonchev–Trinajstić information content (AvgIpc) is 3.16. The van der Waals surface area contributed by atoms with Crippen LogP contribution < -0.4 is 9.47 Å². The van der Waals surface area contributed by atoms with Gasteiger partial charge in [-0.3, -0.25) is 4.79 Å². The molecule has 0 saturated heterocycles. The minimum absolute atomic E-state index is 0.196. The molecule has 0 bridgehead atoms. The summed E-state index contributed by atoms with van der Waals surface area (Å²) in [6.07, 6.45) is -0.670. The summed E-state index contributed by atoms with van der Waals surface area (Å²) in [6, 6.07) is 15.0. The summed E-state index contributed by atoms with van der Waals surface area (Å²) in [5.74, 6) is 1.90. The van der Waals surface area contributed by atoms with E-state index in [4.69, 9.17) is 14.0 Å². The van der Waals surface area contributed by atoms with E-state index in [9.17, 15) is 4.79 Å². The SMILES string of the molecule is COc1cccc(O[C@H](C)C(=O)N(C)Cc2nc(-c3cccc(C)c3)no2)c1. The van der Waals surface area contributed by atoms with Gasteiger partial charge < -0.3 is 18.9 Å². The fourth-order valence-electron chi connectivity index (χ4n) is 2.74. The summed E-state index contributed by atoms with van der Waals surface area (Å²) in [6.45, 7) is 3.90. The lowest BCUT2D eigenvalue weighted by Crippen LogP contribution is -2.37. The molecule has 0 aliphatic carbocycles. The van der Waals surface area contributed by atoms with Crippen LogP contribution in [0.2, 0.25) is 0 Å². The van der Waals surface area contributed by atoms with E-state index in [1.54, 1.807) is 39.3 Å². The Balaban J connectivity index is 1.62. The average molecular weight is 381 g/mol. The second-order valence-electron chi connectivity index (χ2n) is 6.51. The molecule has 0 unspecified atom stereocenters. The second-order valence-corrected chi connectivity index (χ2v) is 6.51. The molecule has 0 aliphatic heterocycles. The number of amides is 1. The van der Waals surface area contributed by atoms with Crippen LogP contribution in [0.1, 0.15) is 18.4 Å². The monoisotopic (exact) mass is 381 g/mol. The minimum atomic E-state index is -0.670. The van der Waals surface area contributed by atoms with E-state index in [1.807, 2.05) is 37.3 Å². The van der Waals surface area contributed by atoms with E-state index in [0.29, 0.717) is 23.2 Å². The van der Waals surface area contributed by atoms with Crippen molar-refractivity contribution in [2.24, 2.45) is 0 Å². The van der Waals surface area contributed by atoms with Gasteiger partial charge >= 0.3 is 0 Å². The zero-order valence-electron chi connectivity index (χ0n) is 16.4. The van der Waals surface area contributed by atoms with Gasteiger partial charge in [0.05, 0.1) is 13.7 Å². The molecule has 2 aromatic carbocycles. The maximum atomic E-state index is 12.6. The predicted molar refractivity (Wildman–Crippen MR) is 104 cm³/mol. The van der Waals surface area contributed by atoms with E-state index in [0.717, 1.165) is 11.1 Å². The maximum absolute atomic E-state index is 12.6. The number of ether oxygens (including phenoxy) is 2. The Kier molecular flexibility index (Phi) is 5.93. The molecule has 0 saturated carbocycles. The maximum Gasteiger partial charge on any atom is 0.263 e. The Hall–Kier alpha value is -3.35. The summed E-state index contributed by atoms with van der Waals surface area (Å²) in [5.41, 5.74) is 1.98. The molecule has 1 atom stereocenters. The fraction of sp³-hybridized carbons (Fsp3) is 0.286. The van der Waals surface area contributed by atoms with Crippen molar-refractivity contribution < 1.29 is 18.8 Å². The van der Waals surface area contributed by atoms with Gasteiger partial charge in [-0.25, -0.2) is 0 Å². The van der Waals surface area contributed by atoms with Crippen LogP contribution in [0.5, 0.6) is 11.5 Å². The number of methoxy groups -OCH3 is 1. The van der Waals surface area contributed by atoms with Crippen LogP contribution in [0, 0.1) is 6.92 Å². The Morgan fingerprint density at radius 2 is 1.93 bits per heavy atom. The zero-order chi connectivity index (χ0) is 20.1. The third kappa shape index (κ3) is 4.68. The van der Waals surface area contributed by atoms with E-state index < -0.39 is 6.10 Å². The van der Waals surface area contributed by atoms with Gasteiger partial charge in [-0.15, -0.1) is 0 Å². The molecule has 0 aliphatic rings. The molecule has 28 heavy (non-hydrogen) atoms. The quantitative estimate of drug-likeness (QED) is 0.624. The van der Waals surface area contributed by atoms with Crippen molar-refractivity contribution in [1.29, 1.82) is 0 Å². The summed E-state index contributed by atoms with van der Waals surface area (Å²) < 4.78 is 16.2. The van der Waals surface area contributed by atoms with Crippen LogP contribution in [0.25, 0.3) is 11.4 Å². The normalized spacial score (nSPS) is 11.7. The number of hydrogen-bond donors (Lipinski definition) is 0. The smallest absolute Gasteiger partial charge is 0.263 e. The highest BCUT2D eigenvalue weighted by molar-refractivity contribution is 5.80. The Labute approximate surface area is 163 Å². The molecule has 0 N–H and O–H groups in total. The van der Waals surface area contributed by atoms with Crippen LogP contribution in [0.4, 0.5) is 0 Å². The van der Waals surface area contributed by atoms with Crippen molar-refractivity contribution in [3.8, 4) is 22.9 Å². The van der Waals surface area contributed by atoms with Crippen LogP contribution in [0.3, 0.4) is 0 Å². The molecule has 3 aromatic rings. The number of aryl methyl sites for hydroxylation is 1. The van der Waals surface area contributed by atoms with Gasteiger partial charge in [0, 0.05) is 18.7 Å². The van der Waals surface area contributed by atoms with E-state index in [1.165, 1.54) is 4.90 Å². The van der Waals surface area contributed by atoms with Crippen molar-refractivity contribution in [2.75, 3.05) is 14.2 Å². The van der Waals surface area contributed by atoms with Gasteiger partial charge in [-0.05, 0) is 32.0 Å². The standard InChI is InChI=1S/C21H23N3O4/c1-14-7-5-8-16(11-14)20-22-19(28-23-20)13-24(3)21(25)15(2)27-18-10-6-9-17(12-18)26-4/h5-12,15H,13H2,1-4H3/t15-/m1/s1. The molecule has 0 spiro atoms. The Bertz CT molecular complexity index is 954. The first-order valence-corrected chi connectivity index (χ1v) is 8.91. The minimum Gasteiger partial charge on any atom is -0.497 e. The Morgan fingerprint density at radius 3 is 2.68 bits per heavy atom. The fourth-order valence-corrected chi connectivity index (χ4v) is 2.74. The predicted octanol–water partition coefficient (Wildman–Crippen LogP) is 3.48. The third-order valence-corrected chi connectivity index (χ3v) is 4.19. The highest BCUT2D eigenvalue weighted by atomic mass is 16.5. The van der Waals surface area contributed by atoms with Crippen LogP contribution in [0.15, 0.2) is 53.1 Å². The van der Waals surface area contributed by atoms with Crippen molar-refractivity contribution in [3.63, 3.8) is 0 Å². The summed E-state index contributed by atoms with van der Waals surface area (Å²) in [4.78, 5) is 18.5. The molecule has 0 radical (unpaired) electrons. The Morgan fingerprint density at radius 1 is 1.18 bits per heavy atom. The lowest BCUT2D eigenvalue weighted by molar-refractivity contribution is -0.137. The summed E-state index contributed by atoms with van der Waals surface area (Å²) in [5, 5.41) is 4.00. The molecule has 7 nitrogen and oxygen atoms in total. The molecule has 1 amide bonds. The van der Waals surface area contributed by atoms with E-state index in [2.05, 4.69) is 10.1 Å². The van der Waals surface area contributed by atoms with Crippen molar-refractivity contribution in [1.82, 2.24) is 15.0 Å². The largest absolute Gasteiger partial charge is 0.497 e. The first-order chi connectivity index (χ1) is 13.5. The number of carbonyl (C=O) groups is 1. The highest BCUT2D eigenvalue weighted by Crippen LogP contribution is 2.21. The molecule has 3 rings (SSSR count). The number of rotatable bonds is 7. The lowest BCUT2D eigenvalue weighted by Gasteiger charge is -2.20. The van der Waals surface area contributed by atoms with Gasteiger partial charge in [0.2, 0.25) is 11.7 Å². The lowest BCUT2D eigenvalue weighted by atomic mass is 10.1. The van der Waals surface area contributed by atoms with Gasteiger partial charge in [0.15, 0.2) is 6.10 Å². The molecular formula is C21H23N3O4. The number of carbonyl (C=O) groups excluding carboxylic acids is 1. The van der Waals surface area contributed by atoms with Crippen LogP contribution in [-0.2, 0) is 11.3 Å². The van der Waals surface area contributed by atoms with Crippen LogP contribution in [-0.4, -0.2) is 41.2 Å². The van der Waals surface area contributed by atoms with Crippen molar-refractivity contribution in [2.45, 2.75) is 26.5 Å². The molecular weight excluding hydrogens is 358 g/mol. The summed E-state index contributed by atoms with van der Waals surface area (Å²) in [7, 11) is 3.25. The third-order valence-electron chi connectivity index (χ3n) is 4.19. The number of likely N-dealkylation sites (N-methyl/N-ethyl adjacent to an activating group) is 1. The van der Waals surface area contributed by atoms with Crippen molar-refractivity contribution in [3.05, 3.63) is 60.0 Å². The first-order valence-electron chi connectivity index (χ1n) is 8.91. The van der Waals surface area contributed by atoms with Crippen LogP contribution >= 0.6 is 0 Å². The number of aromatic nitrogens is 2. The summed E-state index contributed by atoms with van der Waals surface area (Å²) >= 11 is 0. The number of nitrogens with zero attached hydrogens (tertiary/aromatic N) is 3. The van der Waals surface area contributed by atoms with Gasteiger partial charge in [0.25, 0.3) is 5.91 Å². The second kappa shape index (κ2) is 8.56. The molecule has 1 aromatic heterocycles. The topological polar surface area (TPSA) is 77.7 Å². The highest BCUT2D eigenvalue weighted by Gasteiger charge is 2.21. The zero-order valence-corrected chi connectivity index (χ0v) is 16.4. The molecule has 7 heteroatoms. The number of hydrogen-bond acceptors (Lipinski definition) is 6. The van der Waals surface area contributed by atoms with E-state index in [-0.39, 0.29) is 12.5 Å². The first kappa shape index (κ1) is 19.4.